The Balaban J connectivity index is 1.67. The minimum atomic E-state index is -0.268. The highest BCUT2D eigenvalue weighted by molar-refractivity contribution is 7.98. The Labute approximate surface area is 179 Å². The van der Waals surface area contributed by atoms with Gasteiger partial charge in [0.15, 0.2) is 5.69 Å². The van der Waals surface area contributed by atoms with Crippen molar-refractivity contribution in [3.63, 3.8) is 0 Å². The molecule has 0 spiro atoms. The van der Waals surface area contributed by atoms with Crippen molar-refractivity contribution in [1.29, 1.82) is 0 Å². The van der Waals surface area contributed by atoms with Gasteiger partial charge >= 0.3 is 0 Å². The number of nitrogens with zero attached hydrogens (tertiary/aromatic N) is 4. The minimum absolute atomic E-state index is 0.268. The molecule has 4 aromatic rings. The number of hydrogen-bond acceptors (Lipinski definition) is 5. The molecule has 0 aliphatic carbocycles. The van der Waals surface area contributed by atoms with Gasteiger partial charge in [-0.15, -0.1) is 16.9 Å². The highest BCUT2D eigenvalue weighted by Gasteiger charge is 2.22. The number of hydrogen-bond donors (Lipinski definition) is 1. The van der Waals surface area contributed by atoms with Crippen molar-refractivity contribution in [2.24, 2.45) is 0 Å². The van der Waals surface area contributed by atoms with Crippen molar-refractivity contribution in [2.45, 2.75) is 18.4 Å². The van der Waals surface area contributed by atoms with Gasteiger partial charge in [-0.25, -0.2) is 4.68 Å². The van der Waals surface area contributed by atoms with Crippen LogP contribution in [0.5, 0.6) is 0 Å². The summed E-state index contributed by atoms with van der Waals surface area (Å²) in [4.78, 5) is 18.3. The maximum Gasteiger partial charge on any atom is 0.274 e. The third-order valence-electron chi connectivity index (χ3n) is 4.79. The lowest BCUT2D eigenvalue weighted by Gasteiger charge is -2.11. The molecule has 0 bridgehead atoms. The van der Waals surface area contributed by atoms with Gasteiger partial charge in [-0.2, -0.15) is 0 Å². The molecule has 2 heterocycles. The Kier molecular flexibility index (Phi) is 5.90. The van der Waals surface area contributed by atoms with Gasteiger partial charge < -0.3 is 5.32 Å². The third-order valence-corrected chi connectivity index (χ3v) is 5.54. The van der Waals surface area contributed by atoms with Crippen LogP contribution in [-0.2, 0) is 6.54 Å². The van der Waals surface area contributed by atoms with Gasteiger partial charge in [0.2, 0.25) is 0 Å². The van der Waals surface area contributed by atoms with Crippen LogP contribution in [0.1, 0.15) is 21.6 Å². The van der Waals surface area contributed by atoms with E-state index < -0.39 is 0 Å². The van der Waals surface area contributed by atoms with E-state index in [0.29, 0.717) is 12.2 Å². The fraction of sp³-hybridized carbons (Fsp3) is 0.130. The zero-order chi connectivity index (χ0) is 20.9. The molecule has 0 saturated carbocycles. The van der Waals surface area contributed by atoms with Crippen molar-refractivity contribution in [3.8, 4) is 16.9 Å². The standard InChI is InChI=1S/C23H21N5OS/c1-16-5-3-4-6-20(16)28-22(18-11-13-24-14-12-18)21(26-27-28)23(29)25-15-17-7-9-19(30-2)10-8-17/h3-14H,15H2,1-2H3,(H,25,29). The molecule has 2 aromatic heterocycles. The lowest BCUT2D eigenvalue weighted by molar-refractivity contribution is 0.0946. The van der Waals surface area contributed by atoms with E-state index in [1.165, 1.54) is 4.90 Å². The fourth-order valence-corrected chi connectivity index (χ4v) is 3.59. The van der Waals surface area contributed by atoms with Gasteiger partial charge in [0.25, 0.3) is 5.91 Å². The summed E-state index contributed by atoms with van der Waals surface area (Å²) in [6.07, 6.45) is 5.42. The van der Waals surface area contributed by atoms with Crippen LogP contribution in [0.25, 0.3) is 16.9 Å². The van der Waals surface area contributed by atoms with E-state index in [0.717, 1.165) is 22.4 Å². The Bertz CT molecular complexity index is 1160. The number of nitrogens with one attached hydrogen (secondary N) is 1. The molecule has 6 nitrogen and oxygen atoms in total. The van der Waals surface area contributed by atoms with Crippen LogP contribution >= 0.6 is 11.8 Å². The summed E-state index contributed by atoms with van der Waals surface area (Å²) in [5.74, 6) is -0.268. The van der Waals surface area contributed by atoms with E-state index in [9.17, 15) is 4.79 Å². The van der Waals surface area contributed by atoms with E-state index in [1.54, 1.807) is 28.8 Å². The smallest absolute Gasteiger partial charge is 0.274 e. The van der Waals surface area contributed by atoms with Crippen LogP contribution in [0.2, 0.25) is 0 Å². The number of pyridine rings is 1. The number of aryl methyl sites for hydroxylation is 1. The number of thioether (sulfide) groups is 1. The molecule has 4 rings (SSSR count). The Morgan fingerprint density at radius 1 is 1.03 bits per heavy atom. The van der Waals surface area contributed by atoms with Crippen LogP contribution in [0, 0.1) is 6.92 Å². The first-order chi connectivity index (χ1) is 14.7. The number of para-hydroxylation sites is 1. The van der Waals surface area contributed by atoms with E-state index >= 15 is 0 Å². The fourth-order valence-electron chi connectivity index (χ4n) is 3.18. The summed E-state index contributed by atoms with van der Waals surface area (Å²) < 4.78 is 1.72. The lowest BCUT2D eigenvalue weighted by atomic mass is 10.1. The van der Waals surface area contributed by atoms with Crippen LogP contribution in [-0.4, -0.2) is 32.1 Å². The lowest BCUT2D eigenvalue weighted by Crippen LogP contribution is -2.24. The van der Waals surface area contributed by atoms with Gasteiger partial charge in [-0.3, -0.25) is 9.78 Å². The summed E-state index contributed by atoms with van der Waals surface area (Å²) in [5, 5.41) is 11.5. The van der Waals surface area contributed by atoms with E-state index in [-0.39, 0.29) is 11.6 Å². The third kappa shape index (κ3) is 4.11. The van der Waals surface area contributed by atoms with Gasteiger partial charge in [-0.05, 0) is 54.6 Å². The van der Waals surface area contributed by atoms with Gasteiger partial charge in [-0.1, -0.05) is 35.5 Å². The average Bonchev–Trinajstić information content (AvgIpc) is 3.24. The zero-order valence-corrected chi connectivity index (χ0v) is 17.6. The van der Waals surface area contributed by atoms with Crippen LogP contribution < -0.4 is 5.32 Å². The summed E-state index contributed by atoms with van der Waals surface area (Å²) in [6.45, 7) is 2.42. The van der Waals surface area contributed by atoms with Crippen molar-refractivity contribution in [1.82, 2.24) is 25.3 Å². The first-order valence-corrected chi connectivity index (χ1v) is 10.7. The van der Waals surface area contributed by atoms with Crippen molar-refractivity contribution in [3.05, 3.63) is 89.9 Å². The molecule has 2 aromatic carbocycles. The predicted octanol–water partition coefficient (Wildman–Crippen LogP) is 4.29. The number of amides is 1. The molecule has 0 unspecified atom stereocenters. The number of carbonyl (C=O) groups excluding carboxylic acids is 1. The molecule has 0 aliphatic rings. The molecule has 7 heteroatoms. The van der Waals surface area contributed by atoms with Crippen molar-refractivity contribution in [2.75, 3.05) is 6.26 Å². The van der Waals surface area contributed by atoms with Crippen LogP contribution in [0.3, 0.4) is 0 Å². The largest absolute Gasteiger partial charge is 0.346 e. The molecular weight excluding hydrogens is 394 g/mol. The molecular formula is C23H21N5OS. The molecule has 0 aliphatic heterocycles. The van der Waals surface area contributed by atoms with E-state index in [4.69, 9.17) is 0 Å². The van der Waals surface area contributed by atoms with Crippen molar-refractivity contribution >= 4 is 17.7 Å². The van der Waals surface area contributed by atoms with Gasteiger partial charge in [0, 0.05) is 29.4 Å². The molecule has 0 fully saturated rings. The normalized spacial score (nSPS) is 10.7. The van der Waals surface area contributed by atoms with Crippen LogP contribution in [0.15, 0.2) is 78.0 Å². The Morgan fingerprint density at radius 2 is 1.77 bits per heavy atom. The van der Waals surface area contributed by atoms with Gasteiger partial charge in [0.1, 0.15) is 5.69 Å². The highest BCUT2D eigenvalue weighted by Crippen LogP contribution is 2.26. The minimum Gasteiger partial charge on any atom is -0.346 e. The molecule has 30 heavy (non-hydrogen) atoms. The molecule has 1 amide bonds. The highest BCUT2D eigenvalue weighted by atomic mass is 32.2. The first-order valence-electron chi connectivity index (χ1n) is 9.50. The Hall–Kier alpha value is -3.45. The molecule has 0 saturated heterocycles. The summed E-state index contributed by atoms with van der Waals surface area (Å²) in [6, 6.07) is 19.7. The summed E-state index contributed by atoms with van der Waals surface area (Å²) in [7, 11) is 0. The molecule has 0 atom stereocenters. The predicted molar refractivity (Wildman–Crippen MR) is 119 cm³/mol. The molecule has 150 valence electrons. The van der Waals surface area contributed by atoms with E-state index in [1.807, 2.05) is 73.8 Å². The quantitative estimate of drug-likeness (QED) is 0.476. The van der Waals surface area contributed by atoms with Crippen molar-refractivity contribution < 1.29 is 4.79 Å². The topological polar surface area (TPSA) is 72.7 Å². The second kappa shape index (κ2) is 8.92. The van der Waals surface area contributed by atoms with Gasteiger partial charge in [0.05, 0.1) is 5.69 Å². The average molecular weight is 416 g/mol. The number of rotatable bonds is 6. The summed E-state index contributed by atoms with van der Waals surface area (Å²) in [5.41, 5.74) is 4.69. The first kappa shape index (κ1) is 19.8. The maximum absolute atomic E-state index is 13.0. The monoisotopic (exact) mass is 415 g/mol. The molecule has 1 N–H and O–H groups in total. The number of benzene rings is 2. The number of carbonyl (C=O) groups is 1. The zero-order valence-electron chi connectivity index (χ0n) is 16.7. The second-order valence-electron chi connectivity index (χ2n) is 6.75. The molecule has 0 radical (unpaired) electrons. The van der Waals surface area contributed by atoms with Crippen LogP contribution in [0.4, 0.5) is 0 Å². The maximum atomic E-state index is 13.0. The SMILES string of the molecule is CSc1ccc(CNC(=O)c2nnn(-c3ccccc3C)c2-c2ccncc2)cc1. The number of aromatic nitrogens is 4. The second-order valence-corrected chi connectivity index (χ2v) is 7.63. The van der Waals surface area contributed by atoms with E-state index in [2.05, 4.69) is 20.6 Å². The summed E-state index contributed by atoms with van der Waals surface area (Å²) >= 11 is 1.69. The Morgan fingerprint density at radius 3 is 2.47 bits per heavy atom.